The van der Waals surface area contributed by atoms with Gasteiger partial charge in [-0.05, 0) is 50.5 Å². The average Bonchev–Trinajstić information content (AvgIpc) is 2.64. The van der Waals surface area contributed by atoms with Crippen LogP contribution in [0.15, 0.2) is 77.3 Å². The van der Waals surface area contributed by atoms with Gasteiger partial charge in [-0.3, -0.25) is 20.4 Å². The lowest BCUT2D eigenvalue weighted by atomic mass is 10.0. The number of hydrazine groups is 1. The van der Waals surface area contributed by atoms with Crippen molar-refractivity contribution in [3.63, 3.8) is 0 Å². The quantitative estimate of drug-likeness (QED) is 0.519. The van der Waals surface area contributed by atoms with Crippen molar-refractivity contribution in [1.29, 1.82) is 0 Å². The van der Waals surface area contributed by atoms with Crippen molar-refractivity contribution in [3.8, 4) is 0 Å². The Morgan fingerprint density at radius 2 is 1.56 bits per heavy atom. The maximum atomic E-state index is 12.0. The van der Waals surface area contributed by atoms with Gasteiger partial charge in [0.2, 0.25) is 0 Å². The molecule has 25 heavy (non-hydrogen) atoms. The number of amides is 2. The number of nitrogens with one attached hydrogen (secondary N) is 2. The number of carbonyl (C=O) groups excluding carboxylic acids is 2. The van der Waals surface area contributed by atoms with Gasteiger partial charge in [0.25, 0.3) is 11.8 Å². The van der Waals surface area contributed by atoms with Crippen molar-refractivity contribution in [3.05, 3.63) is 88.4 Å². The van der Waals surface area contributed by atoms with E-state index in [0.29, 0.717) is 10.0 Å². The number of carbonyl (C=O) groups is 2. The summed E-state index contributed by atoms with van der Waals surface area (Å²) in [5.74, 6) is -0.798. The van der Waals surface area contributed by atoms with E-state index in [2.05, 4.69) is 26.8 Å². The summed E-state index contributed by atoms with van der Waals surface area (Å²) in [4.78, 5) is 24.0. The molecule has 0 heterocycles. The van der Waals surface area contributed by atoms with Gasteiger partial charge in [-0.15, -0.1) is 0 Å². The van der Waals surface area contributed by atoms with E-state index in [4.69, 9.17) is 0 Å². The van der Waals surface area contributed by atoms with Gasteiger partial charge in [0.1, 0.15) is 0 Å². The molecule has 0 spiro atoms. The molecule has 3 rings (SSSR count). The van der Waals surface area contributed by atoms with E-state index in [0.717, 1.165) is 16.3 Å². The van der Waals surface area contributed by atoms with Crippen LogP contribution >= 0.6 is 15.9 Å². The third-order valence-electron chi connectivity index (χ3n) is 3.66. The normalized spacial score (nSPS) is 10.8. The Bertz CT molecular complexity index is 961. The maximum Gasteiger partial charge on any atom is 0.270 e. The van der Waals surface area contributed by atoms with E-state index < -0.39 is 5.91 Å². The number of hydrogen-bond donors (Lipinski definition) is 2. The van der Waals surface area contributed by atoms with Gasteiger partial charge < -0.3 is 0 Å². The molecule has 3 aromatic carbocycles. The molecule has 124 valence electrons. The monoisotopic (exact) mass is 394 g/mol. The van der Waals surface area contributed by atoms with Crippen molar-refractivity contribution in [1.82, 2.24) is 10.9 Å². The predicted octanol–water partition coefficient (Wildman–Crippen LogP) is 4.08. The second-order valence-electron chi connectivity index (χ2n) is 5.32. The SMILES string of the molecule is O=C(/C=C/c1cccc2ccccc12)NNC(=O)c1ccccc1Br. The van der Waals surface area contributed by atoms with Crippen LogP contribution in [0.1, 0.15) is 15.9 Å². The van der Waals surface area contributed by atoms with Gasteiger partial charge in [0.05, 0.1) is 5.56 Å². The Balaban J connectivity index is 1.65. The van der Waals surface area contributed by atoms with Crippen LogP contribution in [0.5, 0.6) is 0 Å². The fourth-order valence-corrected chi connectivity index (χ4v) is 2.90. The highest BCUT2D eigenvalue weighted by Crippen LogP contribution is 2.19. The van der Waals surface area contributed by atoms with E-state index in [-0.39, 0.29) is 5.91 Å². The average molecular weight is 395 g/mol. The summed E-state index contributed by atoms with van der Waals surface area (Å²) < 4.78 is 0.660. The number of fused-ring (bicyclic) bond motifs is 1. The first-order valence-corrected chi connectivity index (χ1v) is 8.45. The third kappa shape index (κ3) is 4.14. The lowest BCUT2D eigenvalue weighted by molar-refractivity contribution is -0.117. The molecule has 0 aliphatic rings. The van der Waals surface area contributed by atoms with Crippen molar-refractivity contribution in [2.45, 2.75) is 0 Å². The summed E-state index contributed by atoms with van der Waals surface area (Å²) in [6.07, 6.45) is 3.12. The lowest BCUT2D eigenvalue weighted by Gasteiger charge is -2.07. The van der Waals surface area contributed by atoms with Gasteiger partial charge in [-0.25, -0.2) is 0 Å². The first-order chi connectivity index (χ1) is 12.1. The molecule has 0 bridgehead atoms. The van der Waals surface area contributed by atoms with Crippen molar-refractivity contribution < 1.29 is 9.59 Å². The second-order valence-corrected chi connectivity index (χ2v) is 6.18. The molecule has 0 saturated carbocycles. The Morgan fingerprint density at radius 3 is 2.40 bits per heavy atom. The van der Waals surface area contributed by atoms with Crippen LogP contribution in [0.25, 0.3) is 16.8 Å². The van der Waals surface area contributed by atoms with Crippen molar-refractivity contribution in [2.24, 2.45) is 0 Å². The van der Waals surface area contributed by atoms with Crippen LogP contribution in [0.4, 0.5) is 0 Å². The summed E-state index contributed by atoms with van der Waals surface area (Å²) in [6.45, 7) is 0. The molecule has 0 radical (unpaired) electrons. The number of benzene rings is 3. The van der Waals surface area contributed by atoms with Gasteiger partial charge in [-0.2, -0.15) is 0 Å². The molecule has 4 nitrogen and oxygen atoms in total. The molecule has 0 unspecified atom stereocenters. The standard InChI is InChI=1S/C20H15BrN2O2/c21-18-11-4-3-10-17(18)20(25)23-22-19(24)13-12-15-8-5-7-14-6-1-2-9-16(14)15/h1-13H,(H,22,24)(H,23,25)/b13-12+. The first kappa shape index (κ1) is 16.9. The molecule has 0 fully saturated rings. The summed E-state index contributed by atoms with van der Waals surface area (Å²) in [7, 11) is 0. The van der Waals surface area contributed by atoms with Crippen LogP contribution < -0.4 is 10.9 Å². The van der Waals surface area contributed by atoms with Crippen LogP contribution in [-0.4, -0.2) is 11.8 Å². The fraction of sp³-hybridized carbons (Fsp3) is 0. The maximum absolute atomic E-state index is 12.0. The topological polar surface area (TPSA) is 58.2 Å². The Labute approximate surface area is 153 Å². The number of hydrogen-bond acceptors (Lipinski definition) is 2. The zero-order valence-electron chi connectivity index (χ0n) is 13.2. The summed E-state index contributed by atoms with van der Waals surface area (Å²) in [5.41, 5.74) is 6.15. The van der Waals surface area contributed by atoms with Gasteiger partial charge in [0.15, 0.2) is 0 Å². The lowest BCUT2D eigenvalue weighted by Crippen LogP contribution is -2.40. The second kappa shape index (κ2) is 7.77. The molecule has 0 saturated heterocycles. The molecule has 0 aliphatic carbocycles. The summed E-state index contributed by atoms with van der Waals surface area (Å²) in [6, 6.07) is 20.8. The zero-order chi connectivity index (χ0) is 17.6. The molecule has 0 aliphatic heterocycles. The minimum Gasteiger partial charge on any atom is -0.268 e. The van der Waals surface area contributed by atoms with Crippen LogP contribution in [0.2, 0.25) is 0 Å². The van der Waals surface area contributed by atoms with E-state index >= 15 is 0 Å². The first-order valence-electron chi connectivity index (χ1n) is 7.66. The number of halogens is 1. The molecule has 0 aromatic heterocycles. The molecular formula is C20H15BrN2O2. The molecule has 0 atom stereocenters. The highest BCUT2D eigenvalue weighted by Gasteiger charge is 2.09. The van der Waals surface area contributed by atoms with Gasteiger partial charge in [-0.1, -0.05) is 54.6 Å². The number of rotatable bonds is 3. The third-order valence-corrected chi connectivity index (χ3v) is 4.35. The Kier molecular flexibility index (Phi) is 5.26. The Hall–Kier alpha value is -2.92. The van der Waals surface area contributed by atoms with Gasteiger partial charge in [0, 0.05) is 10.5 Å². The van der Waals surface area contributed by atoms with Crippen molar-refractivity contribution >= 4 is 44.6 Å². The predicted molar refractivity (Wildman–Crippen MR) is 103 cm³/mol. The smallest absolute Gasteiger partial charge is 0.268 e. The van der Waals surface area contributed by atoms with E-state index in [1.807, 2.05) is 48.5 Å². The highest BCUT2D eigenvalue weighted by atomic mass is 79.9. The molecular weight excluding hydrogens is 380 g/mol. The van der Waals surface area contributed by atoms with E-state index in [1.165, 1.54) is 6.08 Å². The molecule has 5 heteroatoms. The highest BCUT2D eigenvalue weighted by molar-refractivity contribution is 9.10. The van der Waals surface area contributed by atoms with Crippen LogP contribution in [0.3, 0.4) is 0 Å². The van der Waals surface area contributed by atoms with Crippen LogP contribution in [-0.2, 0) is 4.79 Å². The van der Waals surface area contributed by atoms with Crippen LogP contribution in [0, 0.1) is 0 Å². The molecule has 2 amide bonds. The van der Waals surface area contributed by atoms with Gasteiger partial charge >= 0.3 is 0 Å². The summed E-state index contributed by atoms with van der Waals surface area (Å²) >= 11 is 3.30. The Morgan fingerprint density at radius 1 is 0.840 bits per heavy atom. The minimum absolute atomic E-state index is 0.389. The minimum atomic E-state index is -0.409. The van der Waals surface area contributed by atoms with E-state index in [1.54, 1.807) is 24.3 Å². The van der Waals surface area contributed by atoms with E-state index in [9.17, 15) is 9.59 Å². The van der Waals surface area contributed by atoms with Crippen molar-refractivity contribution in [2.75, 3.05) is 0 Å². The summed E-state index contributed by atoms with van der Waals surface area (Å²) in [5, 5.41) is 2.17. The molecule has 2 N–H and O–H groups in total. The largest absolute Gasteiger partial charge is 0.270 e. The zero-order valence-corrected chi connectivity index (χ0v) is 14.8. The fourth-order valence-electron chi connectivity index (χ4n) is 2.43. The molecule has 3 aromatic rings.